The van der Waals surface area contributed by atoms with Crippen LogP contribution in [0.25, 0.3) is 0 Å². The second-order valence-corrected chi connectivity index (χ2v) is 11.0. The summed E-state index contributed by atoms with van der Waals surface area (Å²) in [5, 5.41) is 30.1. The van der Waals surface area contributed by atoms with E-state index in [9.17, 15) is 33.9 Å². The quantitative estimate of drug-likeness (QED) is 0.148. The van der Waals surface area contributed by atoms with Crippen molar-refractivity contribution < 1.29 is 66.5 Å². The summed E-state index contributed by atoms with van der Waals surface area (Å²) in [5.41, 5.74) is 5.50. The van der Waals surface area contributed by atoms with E-state index in [2.05, 4.69) is 34.1 Å². The summed E-state index contributed by atoms with van der Waals surface area (Å²) in [6.45, 7) is -1.00. The molecule has 17 nitrogen and oxygen atoms in total. The number of phosphoric acid groups is 3. The molecule has 9 N–H and O–H groups in total. The van der Waals surface area contributed by atoms with Gasteiger partial charge in [-0.3, -0.25) is 4.52 Å². The Labute approximate surface area is 175 Å². The van der Waals surface area contributed by atoms with Gasteiger partial charge in [-0.05, 0) is 15.9 Å². The van der Waals surface area contributed by atoms with Gasteiger partial charge in [0.2, 0.25) is 6.35 Å². The van der Waals surface area contributed by atoms with E-state index >= 15 is 0 Å². The zero-order valence-electron chi connectivity index (χ0n) is 14.4. The molecule has 21 heteroatoms. The molecule has 7 atom stereocenters. The number of ether oxygens (including phenoxy) is 1. The summed E-state index contributed by atoms with van der Waals surface area (Å²) in [5.74, 6) is -0.0593. The average molecular weight is 564 g/mol. The van der Waals surface area contributed by atoms with Crippen molar-refractivity contribution in [2.24, 2.45) is 10.7 Å². The van der Waals surface area contributed by atoms with E-state index in [0.29, 0.717) is 0 Å². The van der Waals surface area contributed by atoms with Crippen LogP contribution in [0, 0.1) is 0 Å². The molecule has 0 aliphatic carbocycles. The summed E-state index contributed by atoms with van der Waals surface area (Å²) in [6, 6.07) is 0. The lowest BCUT2D eigenvalue weighted by atomic mass is 10.1. The zero-order valence-corrected chi connectivity index (χ0v) is 18.6. The minimum Gasteiger partial charge on any atom is -0.387 e. The number of hydrogen-bond acceptors (Lipinski definition) is 13. The molecule has 2 aliphatic heterocycles. The Balaban J connectivity index is 2.02. The number of phosphoric ester groups is 1. The Kier molecular flexibility index (Phi) is 8.07. The Morgan fingerprint density at radius 3 is 2.27 bits per heavy atom. The molecule has 174 valence electrons. The van der Waals surface area contributed by atoms with Crippen LogP contribution in [0.1, 0.15) is 0 Å². The van der Waals surface area contributed by atoms with Crippen molar-refractivity contribution in [3.63, 3.8) is 0 Å². The van der Waals surface area contributed by atoms with Gasteiger partial charge in [0.05, 0.1) is 11.1 Å². The lowest BCUT2D eigenvalue weighted by molar-refractivity contribution is -0.129. The van der Waals surface area contributed by atoms with Crippen LogP contribution in [0.4, 0.5) is 0 Å². The highest BCUT2D eigenvalue weighted by Gasteiger charge is 2.48. The third-order valence-corrected chi connectivity index (χ3v) is 7.89. The molecule has 30 heavy (non-hydrogen) atoms. The van der Waals surface area contributed by atoms with E-state index in [4.69, 9.17) is 25.2 Å². The molecule has 2 aliphatic rings. The van der Waals surface area contributed by atoms with Gasteiger partial charge in [0.25, 0.3) is 0 Å². The van der Waals surface area contributed by atoms with Gasteiger partial charge in [-0.2, -0.15) is 8.62 Å². The Morgan fingerprint density at radius 2 is 1.70 bits per heavy atom. The van der Waals surface area contributed by atoms with Crippen molar-refractivity contribution in [1.29, 1.82) is 0 Å². The fourth-order valence-corrected chi connectivity index (χ4v) is 5.67. The first-order valence-electron chi connectivity index (χ1n) is 7.48. The molecule has 2 rings (SSSR count). The zero-order chi connectivity index (χ0) is 23.1. The Hall–Kier alpha value is -0.260. The third kappa shape index (κ3) is 6.87. The average Bonchev–Trinajstić information content (AvgIpc) is 2.81. The minimum absolute atomic E-state index is 0.0593. The highest BCUT2D eigenvalue weighted by Crippen LogP contribution is 2.66. The normalized spacial score (nSPS) is 34.1. The number of amidine groups is 1. The summed E-state index contributed by atoms with van der Waals surface area (Å²) < 4.78 is 50.5. The standard InChI is InChI=1S/C9H17BrN3O14P3/c10-3-1-13(9(16)12-7(3)11)8-6(15)5(14)4(25-8)2-24-29(20,21)27-30(22,23)26-28(17,18)19/h1,4-6,8-9,14-16H,2H2,(H2,11,12)(H,20,21)(H,22,23)(H2,17,18,19). The van der Waals surface area contributed by atoms with Crippen LogP contribution in [0.2, 0.25) is 0 Å². The van der Waals surface area contributed by atoms with Crippen molar-refractivity contribution in [3.05, 3.63) is 10.7 Å². The third-order valence-electron chi connectivity index (χ3n) is 3.48. The number of nitrogens with two attached hydrogens (primary N) is 1. The molecule has 7 unspecified atom stereocenters. The SMILES string of the molecule is NC1=NC(O)N(C2OC(COP(=O)(O)OP(=O)(O)OP(=O)(O)O)C(O)C2O)C=C1Br. The summed E-state index contributed by atoms with van der Waals surface area (Å²) in [4.78, 5) is 40.0. The molecule has 0 radical (unpaired) electrons. The lowest BCUT2D eigenvalue weighted by Crippen LogP contribution is -2.48. The summed E-state index contributed by atoms with van der Waals surface area (Å²) >= 11 is 3.05. The first-order chi connectivity index (χ1) is 13.5. The number of halogens is 1. The number of aliphatic hydroxyl groups excluding tert-OH is 3. The monoisotopic (exact) mass is 563 g/mol. The number of rotatable bonds is 8. The highest BCUT2D eigenvalue weighted by atomic mass is 79.9. The molecule has 0 aromatic carbocycles. The molecule has 0 aromatic heterocycles. The summed E-state index contributed by atoms with van der Waals surface area (Å²) in [7, 11) is -16.7. The number of nitrogens with zero attached hydrogens (tertiary/aromatic N) is 2. The maximum absolute atomic E-state index is 11.7. The lowest BCUT2D eigenvalue weighted by Gasteiger charge is -2.33. The van der Waals surface area contributed by atoms with Crippen LogP contribution in [0.15, 0.2) is 15.7 Å². The highest BCUT2D eigenvalue weighted by molar-refractivity contribution is 9.12. The molecule has 0 saturated carbocycles. The van der Waals surface area contributed by atoms with Gasteiger partial charge in [-0.15, -0.1) is 0 Å². The van der Waals surface area contributed by atoms with Gasteiger partial charge in [0.15, 0.2) is 6.23 Å². The minimum atomic E-state index is -5.71. The maximum Gasteiger partial charge on any atom is 0.490 e. The van der Waals surface area contributed by atoms with Crippen LogP contribution < -0.4 is 5.73 Å². The van der Waals surface area contributed by atoms with Gasteiger partial charge in [-0.25, -0.2) is 18.7 Å². The van der Waals surface area contributed by atoms with Gasteiger partial charge < -0.3 is 50.3 Å². The molecule has 1 fully saturated rings. The topological polar surface area (TPSA) is 271 Å². The van der Waals surface area contributed by atoms with Crippen molar-refractivity contribution in [2.75, 3.05) is 6.61 Å². The van der Waals surface area contributed by atoms with Crippen molar-refractivity contribution in [3.8, 4) is 0 Å². The van der Waals surface area contributed by atoms with Gasteiger partial charge in [-0.1, -0.05) is 0 Å². The second kappa shape index (κ2) is 9.31. The van der Waals surface area contributed by atoms with E-state index in [0.717, 1.165) is 4.90 Å². The van der Waals surface area contributed by atoms with Gasteiger partial charge in [0.1, 0.15) is 24.1 Å². The van der Waals surface area contributed by atoms with Crippen LogP contribution in [0.5, 0.6) is 0 Å². The molecule has 0 amide bonds. The molecule has 2 heterocycles. The van der Waals surface area contributed by atoms with Crippen molar-refractivity contribution >= 4 is 45.2 Å². The first-order valence-corrected chi connectivity index (χ1v) is 12.8. The molecule has 0 spiro atoms. The van der Waals surface area contributed by atoms with Crippen molar-refractivity contribution in [2.45, 2.75) is 30.9 Å². The van der Waals surface area contributed by atoms with Crippen molar-refractivity contribution in [1.82, 2.24) is 4.90 Å². The molecule has 0 aromatic rings. The van der Waals surface area contributed by atoms with Crippen LogP contribution >= 0.6 is 39.4 Å². The van der Waals surface area contributed by atoms with Gasteiger partial charge >= 0.3 is 23.5 Å². The van der Waals surface area contributed by atoms with E-state index in [1.165, 1.54) is 6.20 Å². The van der Waals surface area contributed by atoms with E-state index in [1.807, 2.05) is 0 Å². The predicted octanol–water partition coefficient (Wildman–Crippen LogP) is -2.04. The largest absolute Gasteiger partial charge is 0.490 e. The Bertz CT molecular complexity index is 863. The number of aliphatic imine (C=N–C) groups is 1. The van der Waals surface area contributed by atoms with E-state index < -0.39 is 61.0 Å². The fourth-order valence-electron chi connectivity index (χ4n) is 2.31. The van der Waals surface area contributed by atoms with E-state index in [-0.39, 0.29) is 10.3 Å². The predicted molar refractivity (Wildman–Crippen MR) is 97.0 cm³/mol. The molecular weight excluding hydrogens is 547 g/mol. The van der Waals surface area contributed by atoms with Crippen LogP contribution in [-0.2, 0) is 31.6 Å². The maximum atomic E-state index is 11.7. The molecule has 0 bridgehead atoms. The van der Waals surface area contributed by atoms with E-state index in [1.54, 1.807) is 0 Å². The van der Waals surface area contributed by atoms with Crippen LogP contribution in [-0.4, -0.2) is 83.1 Å². The Morgan fingerprint density at radius 1 is 1.10 bits per heavy atom. The first kappa shape index (κ1) is 26.0. The second-order valence-electron chi connectivity index (χ2n) is 5.72. The van der Waals surface area contributed by atoms with Gasteiger partial charge in [0, 0.05) is 6.20 Å². The summed E-state index contributed by atoms with van der Waals surface area (Å²) in [6.07, 6.45) is -6.75. The van der Waals surface area contributed by atoms with Crippen LogP contribution in [0.3, 0.4) is 0 Å². The number of aliphatic hydroxyl groups is 3. The molecule has 1 saturated heterocycles. The smallest absolute Gasteiger partial charge is 0.387 e. The number of hydrogen-bond donors (Lipinski definition) is 8. The fraction of sp³-hybridized carbons (Fsp3) is 0.667. The molecular formula is C9H17BrN3O14P3.